The van der Waals surface area contributed by atoms with E-state index in [1.54, 1.807) is 48.5 Å². The van der Waals surface area contributed by atoms with Gasteiger partial charge in [0, 0.05) is 67.6 Å². The first-order valence-electron chi connectivity index (χ1n) is 22.9. The molecule has 3 aliphatic rings. The minimum Gasteiger partial charge on any atom is -0.494 e. The van der Waals surface area contributed by atoms with Crippen LogP contribution in [0.3, 0.4) is 0 Å². The van der Waals surface area contributed by atoms with Crippen molar-refractivity contribution >= 4 is 92.0 Å². The Morgan fingerprint density at radius 3 is 2.36 bits per heavy atom. The lowest BCUT2D eigenvalue weighted by Crippen LogP contribution is -2.52. The highest BCUT2D eigenvalue weighted by Gasteiger charge is 2.40. The van der Waals surface area contributed by atoms with Gasteiger partial charge in [0.15, 0.2) is 5.13 Å². The molecule has 18 nitrogen and oxygen atoms in total. The van der Waals surface area contributed by atoms with Crippen molar-refractivity contribution in [1.82, 2.24) is 30.1 Å². The predicted molar refractivity (Wildman–Crippen MR) is 267 cm³/mol. The van der Waals surface area contributed by atoms with Crippen LogP contribution in [-0.4, -0.2) is 99.7 Å². The van der Waals surface area contributed by atoms with Crippen LogP contribution >= 0.6 is 22.9 Å². The molecule has 0 bridgehead atoms. The maximum atomic E-state index is 13.2. The van der Waals surface area contributed by atoms with Crippen LogP contribution in [0, 0.1) is 13.8 Å². The smallest absolute Gasteiger partial charge is 0.267 e. The van der Waals surface area contributed by atoms with E-state index in [1.807, 2.05) is 56.3 Å². The van der Waals surface area contributed by atoms with Crippen molar-refractivity contribution in [1.29, 1.82) is 0 Å². The SMILES string of the molecule is Cc1nc(Nc2ncc(C(=O)Nc3c(C)cccc3Cl)s2)cc(N2CCN(CCCCOc3ccc(N=Nc4ccc(C(=O)Nc5cccc6c5CN(C5CCC(=O)NC5=O)C6=O)cc4)cc3)CC2)n1. The van der Waals surface area contributed by atoms with Gasteiger partial charge in [-0.3, -0.25) is 34.2 Å². The molecule has 70 heavy (non-hydrogen) atoms. The average Bonchev–Trinajstić information content (AvgIpc) is 3.97. The first kappa shape index (κ1) is 47.5. The van der Waals surface area contributed by atoms with Gasteiger partial charge in [-0.1, -0.05) is 41.1 Å². The molecule has 5 amide bonds. The summed E-state index contributed by atoms with van der Waals surface area (Å²) in [5.41, 5.74) is 4.57. The lowest BCUT2D eigenvalue weighted by Gasteiger charge is -2.35. The van der Waals surface area contributed by atoms with Crippen molar-refractivity contribution in [3.05, 3.63) is 135 Å². The number of nitrogens with zero attached hydrogens (tertiary/aromatic N) is 8. The fourth-order valence-electron chi connectivity index (χ4n) is 8.42. The number of hydrogen-bond acceptors (Lipinski definition) is 15. The average molecular weight is 982 g/mol. The quantitative estimate of drug-likeness (QED) is 0.0408. The normalized spacial score (nSPS) is 16.0. The number of unbranched alkanes of at least 4 members (excludes halogenated alkanes) is 1. The van der Waals surface area contributed by atoms with Gasteiger partial charge in [0.2, 0.25) is 11.8 Å². The van der Waals surface area contributed by atoms with Crippen LogP contribution in [0.4, 0.5) is 39.5 Å². The molecule has 4 N–H and O–H groups in total. The summed E-state index contributed by atoms with van der Waals surface area (Å²) < 4.78 is 6.02. The number of benzene rings is 4. The van der Waals surface area contributed by atoms with Gasteiger partial charge in [0.1, 0.15) is 34.1 Å². The van der Waals surface area contributed by atoms with Crippen molar-refractivity contribution in [2.45, 2.75) is 52.1 Å². The molecule has 358 valence electrons. The van der Waals surface area contributed by atoms with Crippen LogP contribution in [0.5, 0.6) is 5.75 Å². The van der Waals surface area contributed by atoms with Gasteiger partial charge in [0.25, 0.3) is 17.7 Å². The number of imide groups is 1. The maximum Gasteiger partial charge on any atom is 0.267 e. The number of aryl methyl sites for hydroxylation is 2. The summed E-state index contributed by atoms with van der Waals surface area (Å²) in [6.07, 6.45) is 3.86. The number of fused-ring (bicyclic) bond motifs is 1. The number of azo groups is 1. The number of ether oxygens (including phenoxy) is 1. The Hall–Kier alpha value is -7.61. The Kier molecular flexibility index (Phi) is 14.5. The topological polar surface area (TPSA) is 216 Å². The van der Waals surface area contributed by atoms with Gasteiger partial charge >= 0.3 is 0 Å². The number of piperidine rings is 1. The van der Waals surface area contributed by atoms with Crippen molar-refractivity contribution in [2.75, 3.05) is 60.2 Å². The second-order valence-corrected chi connectivity index (χ2v) is 18.4. The number of anilines is 5. The van der Waals surface area contributed by atoms with Crippen LogP contribution < -0.4 is 30.9 Å². The van der Waals surface area contributed by atoms with Gasteiger partial charge in [-0.25, -0.2) is 15.0 Å². The van der Waals surface area contributed by atoms with Crippen LogP contribution in [0.15, 0.2) is 107 Å². The van der Waals surface area contributed by atoms with Gasteiger partial charge in [-0.15, -0.1) is 0 Å². The number of para-hydroxylation sites is 1. The minimum atomic E-state index is -0.746. The Morgan fingerprint density at radius 2 is 1.61 bits per heavy atom. The number of rotatable bonds is 16. The predicted octanol–water partition coefficient (Wildman–Crippen LogP) is 8.61. The second-order valence-electron chi connectivity index (χ2n) is 17.0. The zero-order valence-corrected chi connectivity index (χ0v) is 40.0. The molecule has 20 heteroatoms. The summed E-state index contributed by atoms with van der Waals surface area (Å²) in [6.45, 7) is 8.95. The molecule has 1 atom stereocenters. The fourth-order valence-corrected chi connectivity index (χ4v) is 9.41. The largest absolute Gasteiger partial charge is 0.494 e. The van der Waals surface area contributed by atoms with Crippen molar-refractivity contribution < 1.29 is 28.7 Å². The highest BCUT2D eigenvalue weighted by molar-refractivity contribution is 7.17. The van der Waals surface area contributed by atoms with Gasteiger partial charge in [-0.2, -0.15) is 10.2 Å². The maximum absolute atomic E-state index is 13.2. The molecule has 4 aromatic carbocycles. The summed E-state index contributed by atoms with van der Waals surface area (Å²) >= 11 is 7.54. The number of carbonyl (C=O) groups excluding carboxylic acids is 5. The summed E-state index contributed by atoms with van der Waals surface area (Å²) in [7, 11) is 0. The van der Waals surface area contributed by atoms with E-state index in [2.05, 4.69) is 51.3 Å². The first-order valence-corrected chi connectivity index (χ1v) is 24.1. The molecule has 2 saturated heterocycles. The van der Waals surface area contributed by atoms with Gasteiger partial charge in [0.05, 0.1) is 34.9 Å². The second kappa shape index (κ2) is 21.4. The standard InChI is InChI=1S/C50H49ClN12O6S/c1-30-7-5-9-38(51)45(30)58-48(67)41-28-52-50(70-41)56-42-27-43(54-31(2)53-42)62-24-22-61(23-25-62)21-3-4-26-69-35-17-15-34(16-18-35)60-59-33-13-11-32(12-14-33)46(65)55-39-10-6-8-36-37(39)29-63(49(36)68)40-19-20-44(64)57-47(40)66/h5-18,27-28,40H,3-4,19-26,29H2,1-2H3,(H,55,65)(H,58,67)(H,57,64,66)(H,52,53,54,56). The number of hydrogen-bond donors (Lipinski definition) is 4. The summed E-state index contributed by atoms with van der Waals surface area (Å²) in [4.78, 5) is 83.8. The zero-order chi connectivity index (χ0) is 48.7. The molecule has 2 fully saturated rings. The third kappa shape index (κ3) is 11.3. The van der Waals surface area contributed by atoms with Crippen LogP contribution in [0.1, 0.15) is 73.0 Å². The lowest BCUT2D eigenvalue weighted by molar-refractivity contribution is -0.136. The van der Waals surface area contributed by atoms with E-state index >= 15 is 0 Å². The molecule has 0 radical (unpaired) electrons. The molecule has 1 unspecified atom stereocenters. The molecule has 9 rings (SSSR count). The van der Waals surface area contributed by atoms with Crippen molar-refractivity contribution in [3.8, 4) is 5.75 Å². The number of thiazole rings is 1. The van der Waals surface area contributed by atoms with E-state index in [1.165, 1.54) is 22.4 Å². The van der Waals surface area contributed by atoms with E-state index in [-0.39, 0.29) is 43.0 Å². The molecule has 0 saturated carbocycles. The summed E-state index contributed by atoms with van der Waals surface area (Å²) in [5.74, 6) is 1.03. The van der Waals surface area contributed by atoms with Gasteiger partial charge in [-0.05, 0) is 112 Å². The third-order valence-corrected chi connectivity index (χ3v) is 13.4. The number of aromatic nitrogens is 3. The van der Waals surface area contributed by atoms with Crippen LogP contribution in [0.25, 0.3) is 0 Å². The highest BCUT2D eigenvalue weighted by Crippen LogP contribution is 2.33. The molecule has 6 aromatic rings. The Balaban J connectivity index is 0.676. The molecule has 3 aliphatic heterocycles. The van der Waals surface area contributed by atoms with E-state index < -0.39 is 11.9 Å². The monoisotopic (exact) mass is 980 g/mol. The number of piperazine rings is 1. The third-order valence-electron chi connectivity index (χ3n) is 12.2. The minimum absolute atomic E-state index is 0.147. The zero-order valence-electron chi connectivity index (χ0n) is 38.4. The fraction of sp³-hybridized carbons (Fsp3) is 0.280. The Labute approximate surface area is 412 Å². The number of amides is 5. The van der Waals surface area contributed by atoms with E-state index in [4.69, 9.17) is 21.3 Å². The molecule has 2 aromatic heterocycles. The molecule has 0 aliphatic carbocycles. The van der Waals surface area contributed by atoms with Gasteiger partial charge < -0.3 is 30.5 Å². The Morgan fingerprint density at radius 1 is 0.871 bits per heavy atom. The van der Waals surface area contributed by atoms with E-state index in [9.17, 15) is 24.0 Å². The van der Waals surface area contributed by atoms with Crippen molar-refractivity contribution in [2.24, 2.45) is 10.2 Å². The van der Waals surface area contributed by atoms with E-state index in [0.29, 0.717) is 72.7 Å². The summed E-state index contributed by atoms with van der Waals surface area (Å²) in [6, 6.07) is 25.8. The van der Waals surface area contributed by atoms with Crippen LogP contribution in [-0.2, 0) is 16.1 Å². The highest BCUT2D eigenvalue weighted by atomic mass is 35.5. The number of carbonyl (C=O) groups is 5. The molecule has 0 spiro atoms. The summed E-state index contributed by atoms with van der Waals surface area (Å²) in [5, 5.41) is 21.0. The van der Waals surface area contributed by atoms with Crippen LogP contribution in [0.2, 0.25) is 5.02 Å². The van der Waals surface area contributed by atoms with Crippen molar-refractivity contribution in [3.63, 3.8) is 0 Å². The molecule has 5 heterocycles. The van der Waals surface area contributed by atoms with E-state index in [0.717, 1.165) is 62.7 Å². The molecular formula is C50H49ClN12O6S. The Bertz CT molecular complexity index is 2960. The number of halogens is 1. The lowest BCUT2D eigenvalue weighted by atomic mass is 10.0. The molecular weight excluding hydrogens is 932 g/mol. The first-order chi connectivity index (χ1) is 33.9. The number of nitrogens with one attached hydrogen (secondary N) is 4.